The van der Waals surface area contributed by atoms with Crippen LogP contribution in [0.2, 0.25) is 0 Å². The van der Waals surface area contributed by atoms with E-state index in [1.54, 1.807) is 0 Å². The molecule has 19 heavy (non-hydrogen) atoms. The maximum absolute atomic E-state index is 10.6. The van der Waals surface area contributed by atoms with Crippen LogP contribution in [-0.4, -0.2) is 17.6 Å². The van der Waals surface area contributed by atoms with E-state index in [2.05, 4.69) is 0 Å². The maximum atomic E-state index is 10.6. The highest BCUT2D eigenvalue weighted by atomic mass is 127. The zero-order valence-electron chi connectivity index (χ0n) is 10.9. The molecular weight excluding hydrogens is 355 g/mol. The van der Waals surface area contributed by atoms with Gasteiger partial charge in [0.15, 0.2) is 0 Å². The Kier molecular flexibility index (Phi) is 6.74. The summed E-state index contributed by atoms with van der Waals surface area (Å²) in [7, 11) is 0. The fourth-order valence-corrected chi connectivity index (χ4v) is 2.58. The summed E-state index contributed by atoms with van der Waals surface area (Å²) < 4.78 is -0.907. The average Bonchev–Trinajstić information content (AvgIpc) is 2.35. The van der Waals surface area contributed by atoms with E-state index in [0.717, 1.165) is 30.4 Å². The van der Waals surface area contributed by atoms with Crippen LogP contribution in [0, 0.1) is 0 Å². The number of unbranched alkanes of at least 4 members (excludes halogenated alkanes) is 1. The Labute approximate surface area is 127 Å². The van der Waals surface area contributed by atoms with Gasteiger partial charge >= 0.3 is 0 Å². The number of aryl methyl sites for hydroxylation is 1. The highest BCUT2D eigenvalue weighted by Crippen LogP contribution is 2.32. The summed E-state index contributed by atoms with van der Waals surface area (Å²) in [6, 6.07) is 7.89. The van der Waals surface area contributed by atoms with E-state index in [1.807, 2.05) is 46.9 Å². The van der Waals surface area contributed by atoms with E-state index in [4.69, 9.17) is 11.5 Å². The minimum absolute atomic E-state index is 0.252. The first-order valence-corrected chi connectivity index (χ1v) is 7.52. The molecular formula is C14H21IN2O2. The predicted molar refractivity (Wildman–Crippen MR) is 84.8 cm³/mol. The SMILES string of the molecule is NCCC(O)(I)c1cccc(CCCCC(N)=O)c1. The van der Waals surface area contributed by atoms with E-state index < -0.39 is 3.61 Å². The van der Waals surface area contributed by atoms with E-state index >= 15 is 0 Å². The molecule has 1 atom stereocenters. The largest absolute Gasteiger partial charge is 0.375 e. The van der Waals surface area contributed by atoms with Gasteiger partial charge in [-0.3, -0.25) is 4.79 Å². The van der Waals surface area contributed by atoms with Gasteiger partial charge in [0.1, 0.15) is 3.61 Å². The summed E-state index contributed by atoms with van der Waals surface area (Å²) in [5.74, 6) is -0.252. The number of amides is 1. The van der Waals surface area contributed by atoms with Crippen LogP contribution in [0.15, 0.2) is 24.3 Å². The zero-order valence-corrected chi connectivity index (χ0v) is 13.1. The molecule has 0 aromatic heterocycles. The first kappa shape index (κ1) is 16.4. The third-order valence-electron chi connectivity index (χ3n) is 2.98. The van der Waals surface area contributed by atoms with Gasteiger partial charge in [-0.15, -0.1) is 0 Å². The summed E-state index contributed by atoms with van der Waals surface area (Å²) in [6.45, 7) is 0.447. The molecule has 0 spiro atoms. The maximum Gasteiger partial charge on any atom is 0.217 e. The van der Waals surface area contributed by atoms with Crippen molar-refractivity contribution in [2.45, 2.75) is 35.7 Å². The quantitative estimate of drug-likeness (QED) is 0.367. The number of carbonyl (C=O) groups excluding carboxylic acids is 1. The van der Waals surface area contributed by atoms with Crippen LogP contribution in [0.3, 0.4) is 0 Å². The Hall–Kier alpha value is -0.660. The summed E-state index contributed by atoms with van der Waals surface area (Å²) in [4.78, 5) is 10.6. The molecule has 0 aliphatic rings. The monoisotopic (exact) mass is 376 g/mol. The van der Waals surface area contributed by atoms with Crippen molar-refractivity contribution in [1.82, 2.24) is 0 Å². The van der Waals surface area contributed by atoms with Crippen molar-refractivity contribution in [3.05, 3.63) is 35.4 Å². The Bertz CT molecular complexity index is 422. The Balaban J connectivity index is 2.59. The van der Waals surface area contributed by atoms with Gasteiger partial charge in [0.25, 0.3) is 0 Å². The number of aliphatic hydroxyl groups is 1. The lowest BCUT2D eigenvalue weighted by Crippen LogP contribution is -2.21. The topological polar surface area (TPSA) is 89.3 Å². The van der Waals surface area contributed by atoms with Crippen LogP contribution in [0.1, 0.15) is 36.8 Å². The van der Waals surface area contributed by atoms with E-state index in [0.29, 0.717) is 19.4 Å². The molecule has 5 heteroatoms. The smallest absolute Gasteiger partial charge is 0.217 e. The van der Waals surface area contributed by atoms with Gasteiger partial charge in [-0.25, -0.2) is 0 Å². The molecule has 1 unspecified atom stereocenters. The second-order valence-electron chi connectivity index (χ2n) is 4.67. The Morgan fingerprint density at radius 1 is 1.37 bits per heavy atom. The minimum Gasteiger partial charge on any atom is -0.375 e. The molecule has 0 radical (unpaired) electrons. The normalized spacial score (nSPS) is 14.1. The predicted octanol–water partition coefficient (Wildman–Crippen LogP) is 1.81. The van der Waals surface area contributed by atoms with E-state index in [1.165, 1.54) is 0 Å². The molecule has 0 saturated heterocycles. The van der Waals surface area contributed by atoms with E-state index in [9.17, 15) is 9.90 Å². The minimum atomic E-state index is -0.907. The standard InChI is InChI=1S/C14H21IN2O2/c15-14(19,8-9-16)12-6-3-5-11(10-12)4-1-2-7-13(17)18/h3,5-6,10,19H,1-2,4,7-9,16H2,(H2,17,18). The van der Waals surface area contributed by atoms with Gasteiger partial charge in [0.05, 0.1) is 0 Å². The summed E-state index contributed by atoms with van der Waals surface area (Å²) >= 11 is 2.03. The molecule has 4 nitrogen and oxygen atoms in total. The number of alkyl halides is 1. The van der Waals surface area contributed by atoms with Crippen LogP contribution in [0.4, 0.5) is 0 Å². The van der Waals surface area contributed by atoms with Gasteiger partial charge in [-0.05, 0) is 59.5 Å². The molecule has 0 aliphatic heterocycles. The molecule has 0 bridgehead atoms. The second kappa shape index (κ2) is 7.81. The number of hydrogen-bond donors (Lipinski definition) is 3. The first-order chi connectivity index (χ1) is 8.95. The third kappa shape index (κ3) is 5.88. The van der Waals surface area contributed by atoms with Crippen LogP contribution in [0.5, 0.6) is 0 Å². The molecule has 0 heterocycles. The van der Waals surface area contributed by atoms with Gasteiger partial charge < -0.3 is 16.6 Å². The fraction of sp³-hybridized carbons (Fsp3) is 0.500. The second-order valence-corrected chi connectivity index (χ2v) is 6.46. The number of rotatable bonds is 8. The Morgan fingerprint density at radius 3 is 2.74 bits per heavy atom. The first-order valence-electron chi connectivity index (χ1n) is 6.45. The highest BCUT2D eigenvalue weighted by Gasteiger charge is 2.24. The molecule has 0 fully saturated rings. The number of halogens is 1. The summed E-state index contributed by atoms with van der Waals surface area (Å²) in [6.07, 6.45) is 3.57. The van der Waals surface area contributed by atoms with Crippen molar-refractivity contribution in [2.24, 2.45) is 11.5 Å². The van der Waals surface area contributed by atoms with Crippen LogP contribution in [-0.2, 0) is 14.8 Å². The van der Waals surface area contributed by atoms with Crippen molar-refractivity contribution in [2.75, 3.05) is 6.54 Å². The van der Waals surface area contributed by atoms with E-state index in [-0.39, 0.29) is 5.91 Å². The van der Waals surface area contributed by atoms with Gasteiger partial charge in [0, 0.05) is 12.8 Å². The van der Waals surface area contributed by atoms with Crippen LogP contribution < -0.4 is 11.5 Å². The van der Waals surface area contributed by atoms with Gasteiger partial charge in [-0.2, -0.15) is 0 Å². The molecule has 1 amide bonds. The number of hydrogen-bond acceptors (Lipinski definition) is 3. The lowest BCUT2D eigenvalue weighted by Gasteiger charge is -2.21. The lowest BCUT2D eigenvalue weighted by molar-refractivity contribution is -0.118. The molecule has 1 rings (SSSR count). The molecule has 106 valence electrons. The molecule has 1 aromatic rings. The summed E-state index contributed by atoms with van der Waals surface area (Å²) in [5, 5.41) is 10.3. The van der Waals surface area contributed by atoms with Crippen molar-refractivity contribution in [1.29, 1.82) is 0 Å². The van der Waals surface area contributed by atoms with Gasteiger partial charge in [-0.1, -0.05) is 24.3 Å². The number of benzene rings is 1. The molecule has 1 aromatic carbocycles. The molecule has 0 saturated carbocycles. The summed E-state index contributed by atoms with van der Waals surface area (Å²) in [5.41, 5.74) is 12.7. The van der Waals surface area contributed by atoms with Crippen LogP contribution in [0.25, 0.3) is 0 Å². The lowest BCUT2D eigenvalue weighted by atomic mass is 10.0. The third-order valence-corrected chi connectivity index (χ3v) is 4.15. The van der Waals surface area contributed by atoms with Crippen molar-refractivity contribution >= 4 is 28.5 Å². The van der Waals surface area contributed by atoms with Crippen LogP contribution >= 0.6 is 22.6 Å². The van der Waals surface area contributed by atoms with Crippen molar-refractivity contribution in [3.8, 4) is 0 Å². The van der Waals surface area contributed by atoms with Gasteiger partial charge in [0.2, 0.25) is 5.91 Å². The highest BCUT2D eigenvalue weighted by molar-refractivity contribution is 14.1. The number of nitrogens with two attached hydrogens (primary N) is 2. The molecule has 0 aliphatic carbocycles. The van der Waals surface area contributed by atoms with Crippen molar-refractivity contribution in [3.63, 3.8) is 0 Å². The Morgan fingerprint density at radius 2 is 2.11 bits per heavy atom. The van der Waals surface area contributed by atoms with Crippen molar-refractivity contribution < 1.29 is 9.90 Å². The molecule has 5 N–H and O–H groups in total. The zero-order chi connectivity index (χ0) is 14.3. The number of carbonyl (C=O) groups is 1. The number of primary amides is 1. The fourth-order valence-electron chi connectivity index (χ4n) is 1.93. The average molecular weight is 376 g/mol.